The molecule has 0 spiro atoms. The SMILES string of the molecule is CCOc1ccccc1CN1CCN(Cc2ccc(Oc3ncccn3)cc2)C[C@H]1CCO. The van der Waals surface area contributed by atoms with Crippen LogP contribution in [-0.4, -0.2) is 63.8 Å². The highest BCUT2D eigenvalue weighted by molar-refractivity contribution is 5.33. The highest BCUT2D eigenvalue weighted by atomic mass is 16.5. The van der Waals surface area contributed by atoms with Gasteiger partial charge in [0.05, 0.1) is 6.61 Å². The van der Waals surface area contributed by atoms with Crippen molar-refractivity contribution in [1.29, 1.82) is 0 Å². The van der Waals surface area contributed by atoms with Crippen molar-refractivity contribution >= 4 is 0 Å². The summed E-state index contributed by atoms with van der Waals surface area (Å²) in [5, 5.41) is 9.67. The number of nitrogens with zero attached hydrogens (tertiary/aromatic N) is 4. The van der Waals surface area contributed by atoms with Crippen LogP contribution < -0.4 is 9.47 Å². The summed E-state index contributed by atoms with van der Waals surface area (Å²) in [6.07, 6.45) is 4.08. The smallest absolute Gasteiger partial charge is 0.321 e. The summed E-state index contributed by atoms with van der Waals surface area (Å²) in [6.45, 7) is 7.43. The monoisotopic (exact) mass is 448 g/mol. The molecule has 3 aromatic rings. The largest absolute Gasteiger partial charge is 0.494 e. The number of hydrogen-bond donors (Lipinski definition) is 1. The molecule has 1 aliphatic heterocycles. The molecule has 2 aromatic carbocycles. The molecule has 1 fully saturated rings. The van der Waals surface area contributed by atoms with Gasteiger partial charge in [0.1, 0.15) is 11.5 Å². The molecule has 7 nitrogen and oxygen atoms in total. The van der Waals surface area contributed by atoms with Gasteiger partial charge in [-0.25, -0.2) is 9.97 Å². The van der Waals surface area contributed by atoms with Gasteiger partial charge in [-0.05, 0) is 43.2 Å². The molecule has 1 N–H and O–H groups in total. The number of ether oxygens (including phenoxy) is 2. The van der Waals surface area contributed by atoms with E-state index in [1.807, 2.05) is 31.2 Å². The molecule has 2 heterocycles. The summed E-state index contributed by atoms with van der Waals surface area (Å²) in [5.74, 6) is 1.68. The summed E-state index contributed by atoms with van der Waals surface area (Å²) in [4.78, 5) is 13.1. The summed E-state index contributed by atoms with van der Waals surface area (Å²) < 4.78 is 11.5. The molecule has 1 aliphatic rings. The van der Waals surface area contributed by atoms with Gasteiger partial charge < -0.3 is 14.6 Å². The Bertz CT molecular complexity index is 984. The summed E-state index contributed by atoms with van der Waals surface area (Å²) in [7, 11) is 0. The Morgan fingerprint density at radius 3 is 2.52 bits per heavy atom. The lowest BCUT2D eigenvalue weighted by atomic mass is 10.1. The third kappa shape index (κ3) is 6.51. The third-order valence-corrected chi connectivity index (χ3v) is 5.88. The van der Waals surface area contributed by atoms with Gasteiger partial charge in [-0.15, -0.1) is 0 Å². The number of aliphatic hydroxyl groups is 1. The number of piperazine rings is 1. The molecule has 0 aliphatic carbocycles. The van der Waals surface area contributed by atoms with Crippen LogP contribution in [0.15, 0.2) is 67.0 Å². The van der Waals surface area contributed by atoms with Crippen LogP contribution >= 0.6 is 0 Å². The van der Waals surface area contributed by atoms with Gasteiger partial charge in [-0.2, -0.15) is 0 Å². The normalized spacial score (nSPS) is 17.1. The van der Waals surface area contributed by atoms with Gasteiger partial charge >= 0.3 is 6.01 Å². The molecule has 0 radical (unpaired) electrons. The van der Waals surface area contributed by atoms with Gasteiger partial charge in [-0.1, -0.05) is 30.3 Å². The fraction of sp³-hybridized carbons (Fsp3) is 0.385. The van der Waals surface area contributed by atoms with Crippen molar-refractivity contribution in [2.24, 2.45) is 0 Å². The van der Waals surface area contributed by atoms with Crippen LogP contribution in [0.25, 0.3) is 0 Å². The minimum Gasteiger partial charge on any atom is -0.494 e. The highest BCUT2D eigenvalue weighted by Crippen LogP contribution is 2.24. The van der Waals surface area contributed by atoms with Crippen LogP contribution in [0.4, 0.5) is 0 Å². The summed E-state index contributed by atoms with van der Waals surface area (Å²) in [5.41, 5.74) is 2.43. The topological polar surface area (TPSA) is 71.0 Å². The van der Waals surface area contributed by atoms with E-state index >= 15 is 0 Å². The van der Waals surface area contributed by atoms with Gasteiger partial charge in [0.25, 0.3) is 0 Å². The average Bonchev–Trinajstić information content (AvgIpc) is 2.84. The molecule has 0 unspecified atom stereocenters. The average molecular weight is 449 g/mol. The maximum absolute atomic E-state index is 9.67. The maximum Gasteiger partial charge on any atom is 0.321 e. The Balaban J connectivity index is 1.35. The summed E-state index contributed by atoms with van der Waals surface area (Å²) >= 11 is 0. The van der Waals surface area contributed by atoms with E-state index in [0.29, 0.717) is 18.7 Å². The van der Waals surface area contributed by atoms with Crippen molar-refractivity contribution in [2.75, 3.05) is 32.8 Å². The van der Waals surface area contributed by atoms with Crippen molar-refractivity contribution < 1.29 is 14.6 Å². The van der Waals surface area contributed by atoms with Gasteiger partial charge in [0.15, 0.2) is 0 Å². The fourth-order valence-corrected chi connectivity index (χ4v) is 4.25. The van der Waals surface area contributed by atoms with Crippen molar-refractivity contribution in [3.63, 3.8) is 0 Å². The minimum atomic E-state index is 0.190. The third-order valence-electron chi connectivity index (χ3n) is 5.88. The van der Waals surface area contributed by atoms with Crippen LogP contribution in [0.2, 0.25) is 0 Å². The maximum atomic E-state index is 9.67. The molecule has 7 heteroatoms. The molecule has 33 heavy (non-hydrogen) atoms. The highest BCUT2D eigenvalue weighted by Gasteiger charge is 2.27. The molecular weight excluding hydrogens is 416 g/mol. The summed E-state index contributed by atoms with van der Waals surface area (Å²) in [6, 6.07) is 18.7. The Kier molecular flexibility index (Phi) is 8.24. The molecule has 1 atom stereocenters. The fourth-order valence-electron chi connectivity index (χ4n) is 4.25. The Labute approximate surface area is 195 Å². The molecule has 1 saturated heterocycles. The quantitative estimate of drug-likeness (QED) is 0.507. The van der Waals surface area contributed by atoms with Crippen molar-refractivity contribution in [1.82, 2.24) is 19.8 Å². The van der Waals surface area contributed by atoms with E-state index in [9.17, 15) is 5.11 Å². The van der Waals surface area contributed by atoms with Crippen molar-refractivity contribution in [3.8, 4) is 17.5 Å². The first-order valence-corrected chi connectivity index (χ1v) is 11.6. The second kappa shape index (κ2) is 11.7. The second-order valence-electron chi connectivity index (χ2n) is 8.19. The molecule has 0 amide bonds. The Morgan fingerprint density at radius 2 is 1.76 bits per heavy atom. The Hall–Kier alpha value is -3.00. The number of hydrogen-bond acceptors (Lipinski definition) is 7. The zero-order valence-electron chi connectivity index (χ0n) is 19.1. The first-order chi connectivity index (χ1) is 16.2. The lowest BCUT2D eigenvalue weighted by Crippen LogP contribution is -2.52. The predicted molar refractivity (Wildman–Crippen MR) is 127 cm³/mol. The first-order valence-electron chi connectivity index (χ1n) is 11.6. The number of aliphatic hydroxyl groups excluding tert-OH is 1. The number of para-hydroxylation sites is 1. The van der Waals surface area contributed by atoms with E-state index in [2.05, 4.69) is 44.0 Å². The second-order valence-corrected chi connectivity index (χ2v) is 8.19. The van der Waals surface area contributed by atoms with E-state index in [1.54, 1.807) is 18.5 Å². The van der Waals surface area contributed by atoms with Crippen LogP contribution in [0.5, 0.6) is 17.5 Å². The molecular formula is C26H32N4O3. The zero-order valence-corrected chi connectivity index (χ0v) is 19.1. The Morgan fingerprint density at radius 1 is 0.970 bits per heavy atom. The van der Waals surface area contributed by atoms with Crippen LogP contribution in [0.1, 0.15) is 24.5 Å². The molecule has 0 bridgehead atoms. The number of benzene rings is 2. The number of aromatic nitrogens is 2. The molecule has 174 valence electrons. The van der Waals surface area contributed by atoms with E-state index in [-0.39, 0.29) is 6.61 Å². The number of rotatable bonds is 10. The van der Waals surface area contributed by atoms with Crippen LogP contribution in [0.3, 0.4) is 0 Å². The standard InChI is InChI=1S/C26H32N4O3/c1-2-32-25-7-4-3-6-22(25)19-30-16-15-29(20-23(30)12-17-31)18-21-8-10-24(11-9-21)33-26-27-13-5-14-28-26/h3-11,13-14,23,31H,2,12,15-20H2,1H3/t23-/m1/s1. The lowest BCUT2D eigenvalue weighted by Gasteiger charge is -2.41. The van der Waals surface area contributed by atoms with Crippen molar-refractivity contribution in [2.45, 2.75) is 32.5 Å². The van der Waals surface area contributed by atoms with E-state index in [1.165, 1.54) is 11.1 Å². The first kappa shape index (κ1) is 23.2. The van der Waals surface area contributed by atoms with E-state index in [4.69, 9.17) is 9.47 Å². The van der Waals surface area contributed by atoms with Gasteiger partial charge in [0, 0.05) is 63.3 Å². The van der Waals surface area contributed by atoms with E-state index < -0.39 is 0 Å². The molecule has 0 saturated carbocycles. The van der Waals surface area contributed by atoms with Gasteiger partial charge in [-0.3, -0.25) is 9.80 Å². The molecule has 1 aromatic heterocycles. The van der Waals surface area contributed by atoms with Crippen LogP contribution in [0, 0.1) is 0 Å². The van der Waals surface area contributed by atoms with Crippen LogP contribution in [-0.2, 0) is 13.1 Å². The van der Waals surface area contributed by atoms with E-state index in [0.717, 1.165) is 50.6 Å². The predicted octanol–water partition coefficient (Wildman–Crippen LogP) is 3.74. The zero-order chi connectivity index (χ0) is 22.9. The van der Waals surface area contributed by atoms with Gasteiger partial charge in [0.2, 0.25) is 0 Å². The van der Waals surface area contributed by atoms with Crippen molar-refractivity contribution in [3.05, 3.63) is 78.1 Å². The minimum absolute atomic E-state index is 0.190. The molecule has 4 rings (SSSR count). The lowest BCUT2D eigenvalue weighted by molar-refractivity contribution is 0.0494.